The second-order valence-corrected chi connectivity index (χ2v) is 5.68. The van der Waals surface area contributed by atoms with Crippen LogP contribution >= 0.6 is 11.6 Å². The van der Waals surface area contributed by atoms with E-state index in [1.54, 1.807) is 0 Å². The zero-order chi connectivity index (χ0) is 14.0. The van der Waals surface area contributed by atoms with Gasteiger partial charge in [0.2, 0.25) is 10.0 Å². The van der Waals surface area contributed by atoms with Crippen molar-refractivity contribution in [2.45, 2.75) is 4.90 Å². The summed E-state index contributed by atoms with van der Waals surface area (Å²) >= 11 is 5.77. The van der Waals surface area contributed by atoms with Crippen molar-refractivity contribution in [2.75, 3.05) is 5.73 Å². The average molecular weight is 300 g/mol. The molecule has 0 aliphatic heterocycles. The molecule has 0 bridgehead atoms. The third kappa shape index (κ3) is 3.34. The molecule has 1 aromatic heterocycles. The highest BCUT2D eigenvalue weighted by Gasteiger charge is 2.12. The average Bonchev–Trinajstić information content (AvgIpc) is 2.30. The lowest BCUT2D eigenvalue weighted by molar-refractivity contribution is 0.481. The van der Waals surface area contributed by atoms with Crippen molar-refractivity contribution in [1.82, 2.24) is 4.98 Å². The number of nitrogens with two attached hydrogens (primary N) is 2. The first kappa shape index (κ1) is 13.6. The van der Waals surface area contributed by atoms with Gasteiger partial charge in [-0.2, -0.15) is 0 Å². The Morgan fingerprint density at radius 1 is 1.21 bits per heavy atom. The van der Waals surface area contributed by atoms with Gasteiger partial charge in [0.05, 0.1) is 21.8 Å². The van der Waals surface area contributed by atoms with Crippen molar-refractivity contribution in [3.05, 3.63) is 41.7 Å². The molecule has 0 unspecified atom stereocenters. The molecule has 0 amide bonds. The lowest BCUT2D eigenvalue weighted by Crippen LogP contribution is -2.12. The van der Waals surface area contributed by atoms with Crippen LogP contribution in [0.5, 0.6) is 11.5 Å². The predicted octanol–water partition coefficient (Wildman–Crippen LogP) is 1.76. The minimum atomic E-state index is -3.82. The molecule has 4 N–H and O–H groups in total. The van der Waals surface area contributed by atoms with Gasteiger partial charge in [-0.15, -0.1) is 0 Å². The number of anilines is 1. The maximum absolute atomic E-state index is 11.3. The summed E-state index contributed by atoms with van der Waals surface area (Å²) in [4.78, 5) is 3.75. The van der Waals surface area contributed by atoms with Crippen LogP contribution in [-0.2, 0) is 10.0 Å². The number of pyridine rings is 1. The predicted molar refractivity (Wildman–Crippen MR) is 71.5 cm³/mol. The number of hydrogen-bond acceptors (Lipinski definition) is 5. The van der Waals surface area contributed by atoms with Crippen LogP contribution in [-0.4, -0.2) is 13.4 Å². The number of ether oxygens (including phenoxy) is 1. The molecule has 0 fully saturated rings. The number of nitrogen functional groups attached to an aromatic ring is 1. The van der Waals surface area contributed by atoms with Crippen molar-refractivity contribution >= 4 is 27.3 Å². The summed E-state index contributed by atoms with van der Waals surface area (Å²) in [5.74, 6) is 0.501. The van der Waals surface area contributed by atoms with E-state index in [1.807, 2.05) is 0 Å². The van der Waals surface area contributed by atoms with Crippen molar-refractivity contribution in [3.63, 3.8) is 0 Å². The second-order valence-electron chi connectivity index (χ2n) is 3.69. The number of nitrogens with zero attached hydrogens (tertiary/aromatic N) is 1. The van der Waals surface area contributed by atoms with E-state index in [0.29, 0.717) is 10.8 Å². The number of benzene rings is 1. The van der Waals surface area contributed by atoms with Crippen LogP contribution in [0.4, 0.5) is 5.69 Å². The molecule has 6 nitrogen and oxygen atoms in total. The van der Waals surface area contributed by atoms with Crippen LogP contribution < -0.4 is 15.6 Å². The molecule has 1 aromatic carbocycles. The number of hydrogen-bond donors (Lipinski definition) is 2. The summed E-state index contributed by atoms with van der Waals surface area (Å²) in [7, 11) is -3.82. The smallest absolute Gasteiger partial charge is 0.238 e. The van der Waals surface area contributed by atoms with Gasteiger partial charge in [-0.25, -0.2) is 13.6 Å². The third-order valence-corrected chi connectivity index (χ3v) is 3.34. The minimum Gasteiger partial charge on any atom is -0.453 e. The Morgan fingerprint density at radius 3 is 2.58 bits per heavy atom. The molecule has 0 radical (unpaired) electrons. The first-order valence-corrected chi connectivity index (χ1v) is 6.99. The van der Waals surface area contributed by atoms with Crippen LogP contribution in [0.3, 0.4) is 0 Å². The fraction of sp³-hybridized carbons (Fsp3) is 0. The summed E-state index contributed by atoms with van der Waals surface area (Å²) in [5.41, 5.74) is 5.98. The minimum absolute atomic E-state index is 0.0910. The number of aromatic nitrogens is 1. The Labute approximate surface area is 115 Å². The summed E-state index contributed by atoms with van der Waals surface area (Å²) in [6.07, 6.45) is 2.87. The normalized spacial score (nSPS) is 11.3. The van der Waals surface area contributed by atoms with E-state index in [2.05, 4.69) is 4.98 Å². The van der Waals surface area contributed by atoms with E-state index in [1.165, 1.54) is 36.7 Å². The molecule has 0 atom stereocenters. The van der Waals surface area contributed by atoms with Gasteiger partial charge in [0.15, 0.2) is 5.75 Å². The highest BCUT2D eigenvalue weighted by atomic mass is 35.5. The molecule has 8 heteroatoms. The highest BCUT2D eigenvalue weighted by Crippen LogP contribution is 2.30. The van der Waals surface area contributed by atoms with Crippen LogP contribution in [0.1, 0.15) is 0 Å². The molecule has 0 saturated carbocycles. The molecule has 0 spiro atoms. The molecule has 2 aromatic rings. The van der Waals surface area contributed by atoms with E-state index in [9.17, 15) is 8.42 Å². The molecular weight excluding hydrogens is 290 g/mol. The lowest BCUT2D eigenvalue weighted by Gasteiger charge is -2.09. The van der Waals surface area contributed by atoms with Crippen LogP contribution in [0.15, 0.2) is 41.6 Å². The van der Waals surface area contributed by atoms with Gasteiger partial charge >= 0.3 is 0 Å². The Hall–Kier alpha value is -1.83. The Morgan fingerprint density at radius 2 is 1.95 bits per heavy atom. The Bertz CT molecular complexity index is 719. The molecule has 1 heterocycles. The second kappa shape index (κ2) is 5.04. The van der Waals surface area contributed by atoms with Gasteiger partial charge in [-0.05, 0) is 12.1 Å². The van der Waals surface area contributed by atoms with Crippen molar-refractivity contribution < 1.29 is 13.2 Å². The number of rotatable bonds is 3. The monoisotopic (exact) mass is 299 g/mol. The third-order valence-electron chi connectivity index (χ3n) is 2.22. The van der Waals surface area contributed by atoms with Gasteiger partial charge in [0, 0.05) is 18.3 Å². The molecule has 2 rings (SSSR count). The Balaban J connectivity index is 2.40. The van der Waals surface area contributed by atoms with E-state index >= 15 is 0 Å². The fourth-order valence-corrected chi connectivity index (χ4v) is 2.05. The molecule has 0 aliphatic rings. The zero-order valence-electron chi connectivity index (χ0n) is 9.58. The summed E-state index contributed by atoms with van der Waals surface area (Å²) in [6.45, 7) is 0. The summed E-state index contributed by atoms with van der Waals surface area (Å²) < 4.78 is 27.9. The van der Waals surface area contributed by atoms with E-state index in [4.69, 9.17) is 27.2 Å². The van der Waals surface area contributed by atoms with E-state index in [-0.39, 0.29) is 16.3 Å². The number of halogens is 1. The molecule has 100 valence electrons. The maximum Gasteiger partial charge on any atom is 0.238 e. The first-order valence-electron chi connectivity index (χ1n) is 5.07. The fourth-order valence-electron chi connectivity index (χ4n) is 1.36. The van der Waals surface area contributed by atoms with Crippen LogP contribution in [0.25, 0.3) is 0 Å². The number of sulfonamides is 1. The van der Waals surface area contributed by atoms with Crippen LogP contribution in [0.2, 0.25) is 5.02 Å². The van der Waals surface area contributed by atoms with Crippen molar-refractivity contribution in [1.29, 1.82) is 0 Å². The molecule has 0 aliphatic carbocycles. The quantitative estimate of drug-likeness (QED) is 0.839. The summed E-state index contributed by atoms with van der Waals surface area (Å²) in [6, 6.07) is 5.46. The van der Waals surface area contributed by atoms with E-state index in [0.717, 1.165) is 0 Å². The van der Waals surface area contributed by atoms with Gasteiger partial charge in [0.1, 0.15) is 5.75 Å². The largest absolute Gasteiger partial charge is 0.453 e. The van der Waals surface area contributed by atoms with Crippen LogP contribution in [0, 0.1) is 0 Å². The van der Waals surface area contributed by atoms with Crippen molar-refractivity contribution in [2.24, 2.45) is 5.14 Å². The van der Waals surface area contributed by atoms with E-state index < -0.39 is 10.0 Å². The summed E-state index contributed by atoms with van der Waals surface area (Å²) in [5, 5.41) is 5.42. The van der Waals surface area contributed by atoms with Gasteiger partial charge in [-0.3, -0.25) is 4.98 Å². The topological polar surface area (TPSA) is 108 Å². The van der Waals surface area contributed by atoms with Gasteiger partial charge in [-0.1, -0.05) is 11.6 Å². The molecular formula is C11H10ClN3O3S. The molecule has 0 saturated heterocycles. The highest BCUT2D eigenvalue weighted by molar-refractivity contribution is 7.89. The van der Waals surface area contributed by atoms with Gasteiger partial charge in [0.25, 0.3) is 0 Å². The van der Waals surface area contributed by atoms with Gasteiger partial charge < -0.3 is 10.5 Å². The zero-order valence-corrected chi connectivity index (χ0v) is 11.1. The van der Waals surface area contributed by atoms with Crippen molar-refractivity contribution in [3.8, 4) is 11.5 Å². The molecule has 19 heavy (non-hydrogen) atoms. The first-order chi connectivity index (χ1) is 8.86. The number of primary sulfonamides is 1. The Kier molecular flexibility index (Phi) is 3.61. The lowest BCUT2D eigenvalue weighted by atomic mass is 10.3. The maximum atomic E-state index is 11.3. The standard InChI is InChI=1S/C11H10ClN3O3S/c12-7-3-8(6-15-5-7)18-11-4-9(19(14,16)17)1-2-10(11)13/h1-6H,13H2,(H2,14,16,17). The SMILES string of the molecule is Nc1ccc(S(N)(=O)=O)cc1Oc1cncc(Cl)c1.